The van der Waals surface area contributed by atoms with Crippen LogP contribution in [0, 0.1) is 5.92 Å². The molecule has 1 unspecified atom stereocenters. The van der Waals surface area contributed by atoms with Gasteiger partial charge in [-0.15, -0.1) is 0 Å². The molecule has 124 valence electrons. The van der Waals surface area contributed by atoms with Gasteiger partial charge in [0.1, 0.15) is 5.75 Å². The van der Waals surface area contributed by atoms with Gasteiger partial charge in [-0.2, -0.15) is 4.98 Å². The highest BCUT2D eigenvalue weighted by atomic mass is 16.5. The maximum absolute atomic E-state index is 5.54. The van der Waals surface area contributed by atoms with E-state index in [1.54, 1.807) is 7.11 Å². The maximum atomic E-state index is 5.54. The zero-order valence-corrected chi connectivity index (χ0v) is 13.7. The minimum Gasteiger partial charge on any atom is -0.497 e. The number of benzene rings is 1. The smallest absolute Gasteiger partial charge is 0.240 e. The predicted octanol–water partition coefficient (Wildman–Crippen LogP) is 2.34. The third kappa shape index (κ3) is 4.09. The fraction of sp³-hybridized carbons (Fsp3) is 0.529. The first-order valence-corrected chi connectivity index (χ1v) is 8.08. The first-order chi connectivity index (χ1) is 11.2. The Hall–Kier alpha value is -1.92. The molecule has 0 bridgehead atoms. The third-order valence-corrected chi connectivity index (χ3v) is 4.45. The molecule has 0 amide bonds. The van der Waals surface area contributed by atoms with Crippen LogP contribution in [0.3, 0.4) is 0 Å². The summed E-state index contributed by atoms with van der Waals surface area (Å²) < 4.78 is 10.3. The van der Waals surface area contributed by atoms with Crippen LogP contribution in [0.25, 0.3) is 0 Å². The van der Waals surface area contributed by atoms with Gasteiger partial charge in [0, 0.05) is 12.6 Å². The van der Waals surface area contributed by atoms with Crippen molar-refractivity contribution in [3.63, 3.8) is 0 Å². The monoisotopic (exact) mass is 316 g/mol. The van der Waals surface area contributed by atoms with Crippen LogP contribution in [0.2, 0.25) is 0 Å². The van der Waals surface area contributed by atoms with Crippen LogP contribution >= 0.6 is 0 Å². The molecule has 0 spiro atoms. The van der Waals surface area contributed by atoms with E-state index in [-0.39, 0.29) is 6.54 Å². The van der Waals surface area contributed by atoms with Crippen LogP contribution < -0.4 is 10.5 Å². The van der Waals surface area contributed by atoms with Gasteiger partial charge in [-0.25, -0.2) is 0 Å². The number of rotatable bonds is 8. The molecule has 1 aromatic heterocycles. The molecule has 6 heteroatoms. The topological polar surface area (TPSA) is 77.4 Å². The van der Waals surface area contributed by atoms with Crippen molar-refractivity contribution in [2.45, 2.75) is 45.4 Å². The zero-order chi connectivity index (χ0) is 16.2. The largest absolute Gasteiger partial charge is 0.497 e. The lowest BCUT2D eigenvalue weighted by molar-refractivity contribution is 0.165. The van der Waals surface area contributed by atoms with E-state index in [2.05, 4.69) is 34.1 Å². The standard InChI is InChI=1S/C17H24N4O2/c1-12(14-5-6-14)21(11-16-19-17(9-18)23-20-16)10-13-3-7-15(22-2)8-4-13/h3-4,7-8,12,14H,5-6,9-11,18H2,1-2H3. The molecule has 0 aliphatic heterocycles. The van der Waals surface area contributed by atoms with Crippen molar-refractivity contribution in [3.05, 3.63) is 41.5 Å². The van der Waals surface area contributed by atoms with E-state index < -0.39 is 0 Å². The van der Waals surface area contributed by atoms with E-state index in [0.29, 0.717) is 24.3 Å². The van der Waals surface area contributed by atoms with Crippen LogP contribution in [0.1, 0.15) is 37.0 Å². The van der Waals surface area contributed by atoms with Gasteiger partial charge < -0.3 is 15.0 Å². The van der Waals surface area contributed by atoms with Crippen molar-refractivity contribution in [1.82, 2.24) is 15.0 Å². The number of ether oxygens (including phenoxy) is 1. The fourth-order valence-corrected chi connectivity index (χ4v) is 2.81. The first-order valence-electron chi connectivity index (χ1n) is 8.08. The predicted molar refractivity (Wildman–Crippen MR) is 86.6 cm³/mol. The lowest BCUT2D eigenvalue weighted by Crippen LogP contribution is -2.34. The quantitative estimate of drug-likeness (QED) is 0.805. The van der Waals surface area contributed by atoms with E-state index in [1.165, 1.54) is 18.4 Å². The molecule has 1 heterocycles. The van der Waals surface area contributed by atoms with Gasteiger partial charge in [-0.1, -0.05) is 17.3 Å². The average molecular weight is 316 g/mol. The number of hydrogen-bond donors (Lipinski definition) is 1. The van der Waals surface area contributed by atoms with Crippen molar-refractivity contribution < 1.29 is 9.26 Å². The third-order valence-electron chi connectivity index (χ3n) is 4.45. The maximum Gasteiger partial charge on any atom is 0.240 e. The van der Waals surface area contributed by atoms with Crippen LogP contribution in [0.15, 0.2) is 28.8 Å². The second kappa shape index (κ2) is 7.10. The summed E-state index contributed by atoms with van der Waals surface area (Å²) in [4.78, 5) is 6.74. The van der Waals surface area contributed by atoms with Crippen LogP contribution in [0.4, 0.5) is 0 Å². The molecular weight excluding hydrogens is 292 g/mol. The normalized spacial score (nSPS) is 15.8. The van der Waals surface area contributed by atoms with Gasteiger partial charge in [-0.3, -0.25) is 4.90 Å². The Morgan fingerprint density at radius 1 is 1.30 bits per heavy atom. The molecule has 2 N–H and O–H groups in total. The second-order valence-corrected chi connectivity index (χ2v) is 6.14. The molecule has 23 heavy (non-hydrogen) atoms. The summed E-state index contributed by atoms with van der Waals surface area (Å²) in [5.41, 5.74) is 6.79. The Kier molecular flexibility index (Phi) is 4.93. The van der Waals surface area contributed by atoms with E-state index in [0.717, 1.165) is 18.2 Å². The zero-order valence-electron chi connectivity index (χ0n) is 13.7. The molecule has 6 nitrogen and oxygen atoms in total. The minimum absolute atomic E-state index is 0.281. The minimum atomic E-state index is 0.281. The summed E-state index contributed by atoms with van der Waals surface area (Å²) >= 11 is 0. The number of nitrogens with zero attached hydrogens (tertiary/aromatic N) is 3. The Balaban J connectivity index is 1.71. The summed E-state index contributed by atoms with van der Waals surface area (Å²) in [6.07, 6.45) is 2.61. The van der Waals surface area contributed by atoms with E-state index in [1.807, 2.05) is 12.1 Å². The van der Waals surface area contributed by atoms with Crippen LogP contribution in [-0.2, 0) is 19.6 Å². The van der Waals surface area contributed by atoms with E-state index in [9.17, 15) is 0 Å². The van der Waals surface area contributed by atoms with Crippen molar-refractivity contribution in [1.29, 1.82) is 0 Å². The Labute approximate surface area is 136 Å². The molecule has 0 radical (unpaired) electrons. The Morgan fingerprint density at radius 3 is 2.61 bits per heavy atom. The number of aromatic nitrogens is 2. The molecule has 2 aromatic rings. The lowest BCUT2D eigenvalue weighted by Gasteiger charge is -2.28. The molecule has 1 aliphatic carbocycles. The number of hydrogen-bond acceptors (Lipinski definition) is 6. The van der Waals surface area contributed by atoms with Crippen molar-refractivity contribution in [2.75, 3.05) is 7.11 Å². The Bertz CT molecular complexity index is 622. The second-order valence-electron chi connectivity index (χ2n) is 6.14. The fourth-order valence-electron chi connectivity index (χ4n) is 2.81. The van der Waals surface area contributed by atoms with Gasteiger partial charge in [0.05, 0.1) is 20.2 Å². The molecule has 3 rings (SSSR count). The van der Waals surface area contributed by atoms with Crippen molar-refractivity contribution in [3.8, 4) is 5.75 Å². The molecule has 1 aromatic carbocycles. The van der Waals surface area contributed by atoms with Gasteiger partial charge in [0.25, 0.3) is 0 Å². The first kappa shape index (κ1) is 16.0. The van der Waals surface area contributed by atoms with Gasteiger partial charge >= 0.3 is 0 Å². The van der Waals surface area contributed by atoms with Crippen LogP contribution in [0.5, 0.6) is 5.75 Å². The molecule has 1 saturated carbocycles. The van der Waals surface area contributed by atoms with Gasteiger partial charge in [0.15, 0.2) is 5.82 Å². The summed E-state index contributed by atoms with van der Waals surface area (Å²) in [6.45, 7) is 4.09. The number of nitrogens with two attached hydrogens (primary N) is 1. The molecule has 1 fully saturated rings. The SMILES string of the molecule is COc1ccc(CN(Cc2noc(CN)n2)C(C)C2CC2)cc1. The molecular formula is C17H24N4O2. The van der Waals surface area contributed by atoms with Gasteiger partial charge in [0.2, 0.25) is 5.89 Å². The molecule has 1 aliphatic rings. The summed E-state index contributed by atoms with van der Waals surface area (Å²) in [5, 5.41) is 4.03. The summed E-state index contributed by atoms with van der Waals surface area (Å²) in [5.74, 6) is 2.84. The lowest BCUT2D eigenvalue weighted by atomic mass is 10.1. The highest BCUT2D eigenvalue weighted by Crippen LogP contribution is 2.36. The van der Waals surface area contributed by atoms with Gasteiger partial charge in [-0.05, 0) is 43.4 Å². The Morgan fingerprint density at radius 2 is 2.04 bits per heavy atom. The van der Waals surface area contributed by atoms with E-state index >= 15 is 0 Å². The highest BCUT2D eigenvalue weighted by Gasteiger charge is 2.32. The highest BCUT2D eigenvalue weighted by molar-refractivity contribution is 5.27. The van der Waals surface area contributed by atoms with Crippen molar-refractivity contribution >= 4 is 0 Å². The summed E-state index contributed by atoms with van der Waals surface area (Å²) in [7, 11) is 1.68. The summed E-state index contributed by atoms with van der Waals surface area (Å²) in [6, 6.07) is 8.70. The molecule has 0 saturated heterocycles. The molecule has 1 atom stereocenters. The average Bonchev–Trinajstić information content (AvgIpc) is 3.34. The van der Waals surface area contributed by atoms with Crippen LogP contribution in [-0.4, -0.2) is 28.2 Å². The van der Waals surface area contributed by atoms with Crippen molar-refractivity contribution in [2.24, 2.45) is 11.7 Å². The van der Waals surface area contributed by atoms with E-state index in [4.69, 9.17) is 15.0 Å². The number of methoxy groups -OCH3 is 1.